The summed E-state index contributed by atoms with van der Waals surface area (Å²) in [5, 5.41) is 12.7. The molecule has 0 aliphatic heterocycles. The van der Waals surface area contributed by atoms with Crippen molar-refractivity contribution in [2.45, 2.75) is 33.2 Å². The summed E-state index contributed by atoms with van der Waals surface area (Å²) >= 11 is 7.30. The van der Waals surface area contributed by atoms with Crippen molar-refractivity contribution in [3.63, 3.8) is 0 Å². The van der Waals surface area contributed by atoms with Gasteiger partial charge in [0, 0.05) is 11.4 Å². The van der Waals surface area contributed by atoms with E-state index in [1.807, 2.05) is 45.0 Å². The van der Waals surface area contributed by atoms with E-state index in [9.17, 15) is 4.79 Å². The van der Waals surface area contributed by atoms with Gasteiger partial charge in [-0.2, -0.15) is 0 Å². The van der Waals surface area contributed by atoms with Gasteiger partial charge < -0.3 is 5.73 Å². The fraction of sp³-hybridized carbons (Fsp3) is 0.400. The molecule has 0 aliphatic rings. The van der Waals surface area contributed by atoms with Crippen LogP contribution in [0.5, 0.6) is 0 Å². The molecule has 0 saturated heterocycles. The molecule has 5 nitrogen and oxygen atoms in total. The minimum absolute atomic E-state index is 0. The number of nitrogens with zero attached hydrogens (tertiary/aromatic N) is 2. The lowest BCUT2D eigenvalue weighted by Gasteiger charge is -2.25. The quantitative estimate of drug-likeness (QED) is 0.857. The third-order valence-corrected chi connectivity index (χ3v) is 4.23. The highest BCUT2D eigenvalue weighted by Crippen LogP contribution is 2.22. The van der Waals surface area contributed by atoms with E-state index in [2.05, 4.69) is 15.5 Å². The van der Waals surface area contributed by atoms with Crippen molar-refractivity contribution in [1.29, 1.82) is 0 Å². The number of nitrogens with two attached hydrogens (primary N) is 1. The van der Waals surface area contributed by atoms with Gasteiger partial charge in [-0.3, -0.25) is 10.1 Å². The first-order valence-electron chi connectivity index (χ1n) is 6.89. The second-order valence-corrected chi connectivity index (χ2v) is 7.64. The van der Waals surface area contributed by atoms with Crippen molar-refractivity contribution in [2.75, 3.05) is 5.32 Å². The second kappa shape index (κ2) is 8.06. The number of carbonyl (C=O) groups is 1. The highest BCUT2D eigenvalue weighted by atomic mass is 35.5. The topological polar surface area (TPSA) is 80.9 Å². The fourth-order valence-corrected chi connectivity index (χ4v) is 2.76. The van der Waals surface area contributed by atoms with Crippen LogP contribution in [0.3, 0.4) is 0 Å². The molecule has 1 amide bonds. The van der Waals surface area contributed by atoms with Crippen molar-refractivity contribution in [2.24, 2.45) is 11.1 Å². The van der Waals surface area contributed by atoms with Crippen molar-refractivity contribution >= 4 is 46.4 Å². The maximum absolute atomic E-state index is 12.1. The van der Waals surface area contributed by atoms with E-state index in [4.69, 9.17) is 17.3 Å². The molecule has 1 aromatic heterocycles. The van der Waals surface area contributed by atoms with E-state index in [0.717, 1.165) is 10.6 Å². The molecule has 0 unspecified atom stereocenters. The van der Waals surface area contributed by atoms with E-state index in [1.165, 1.54) is 11.3 Å². The molecule has 8 heteroatoms. The lowest BCUT2D eigenvalue weighted by Crippen LogP contribution is -2.45. The maximum atomic E-state index is 12.1. The molecule has 0 radical (unpaired) electrons. The summed E-state index contributed by atoms with van der Waals surface area (Å²) in [5.41, 5.74) is 6.66. The maximum Gasteiger partial charge on any atom is 0.243 e. The van der Waals surface area contributed by atoms with Crippen LogP contribution >= 0.6 is 35.3 Å². The molecule has 0 aliphatic carbocycles. The van der Waals surface area contributed by atoms with Gasteiger partial charge in [0.25, 0.3) is 0 Å². The number of anilines is 1. The van der Waals surface area contributed by atoms with E-state index < -0.39 is 6.04 Å². The van der Waals surface area contributed by atoms with Gasteiger partial charge in [-0.05, 0) is 23.1 Å². The summed E-state index contributed by atoms with van der Waals surface area (Å²) in [7, 11) is 0. The molecule has 1 aromatic carbocycles. The summed E-state index contributed by atoms with van der Waals surface area (Å²) in [6, 6.07) is 6.97. The Morgan fingerprint density at radius 1 is 1.39 bits per heavy atom. The standard InChI is InChI=1S/C15H19ClN4OS.ClH/c1-15(2,3)12(17)13(21)18-14-20-19-11(22-14)8-9-5-4-6-10(16)7-9;/h4-7,12H,8,17H2,1-3H3,(H,18,20,21);1H/t12-;/m1./s1. The molecule has 23 heavy (non-hydrogen) atoms. The molecule has 1 atom stereocenters. The van der Waals surface area contributed by atoms with Crippen LogP contribution in [0.2, 0.25) is 5.02 Å². The van der Waals surface area contributed by atoms with Gasteiger partial charge in [0.1, 0.15) is 5.01 Å². The summed E-state index contributed by atoms with van der Waals surface area (Å²) in [6.45, 7) is 5.76. The smallest absolute Gasteiger partial charge is 0.243 e. The minimum Gasteiger partial charge on any atom is -0.319 e. The molecule has 2 rings (SSSR count). The van der Waals surface area contributed by atoms with Gasteiger partial charge in [-0.1, -0.05) is 55.8 Å². The summed E-state index contributed by atoms with van der Waals surface area (Å²) in [5.74, 6) is -0.252. The van der Waals surface area contributed by atoms with Gasteiger partial charge in [-0.25, -0.2) is 0 Å². The number of rotatable bonds is 4. The van der Waals surface area contributed by atoms with Crippen LogP contribution in [0, 0.1) is 5.41 Å². The highest BCUT2D eigenvalue weighted by molar-refractivity contribution is 7.15. The first-order chi connectivity index (χ1) is 10.3. The number of nitrogens with one attached hydrogen (secondary N) is 1. The van der Waals surface area contributed by atoms with Crippen molar-refractivity contribution < 1.29 is 4.79 Å². The van der Waals surface area contributed by atoms with E-state index in [1.54, 1.807) is 0 Å². The van der Waals surface area contributed by atoms with Gasteiger partial charge in [0.2, 0.25) is 11.0 Å². The molecule has 0 bridgehead atoms. The second-order valence-electron chi connectivity index (χ2n) is 6.14. The number of halogens is 2. The molecule has 0 spiro atoms. The van der Waals surface area contributed by atoms with E-state index in [0.29, 0.717) is 16.6 Å². The normalized spacial score (nSPS) is 12.4. The Bertz CT molecular complexity index is 669. The first-order valence-corrected chi connectivity index (χ1v) is 8.08. The van der Waals surface area contributed by atoms with Crippen LogP contribution in [-0.4, -0.2) is 22.1 Å². The average Bonchev–Trinajstić information content (AvgIpc) is 2.84. The van der Waals surface area contributed by atoms with Crippen LogP contribution in [0.25, 0.3) is 0 Å². The number of benzene rings is 1. The van der Waals surface area contributed by atoms with Crippen molar-refractivity contribution in [3.8, 4) is 0 Å². The number of carbonyl (C=O) groups excluding carboxylic acids is 1. The Kier molecular flexibility index (Phi) is 6.95. The number of hydrogen-bond donors (Lipinski definition) is 2. The number of amides is 1. The predicted octanol–water partition coefficient (Wildman–Crippen LogP) is 3.52. The molecule has 2 aromatic rings. The predicted molar refractivity (Wildman–Crippen MR) is 97.5 cm³/mol. The van der Waals surface area contributed by atoms with Gasteiger partial charge >= 0.3 is 0 Å². The molecular formula is C15H20Cl2N4OS. The zero-order valence-corrected chi connectivity index (χ0v) is 15.6. The van der Waals surface area contributed by atoms with Crippen LogP contribution in [0.4, 0.5) is 5.13 Å². The van der Waals surface area contributed by atoms with Gasteiger partial charge in [-0.15, -0.1) is 22.6 Å². The molecule has 0 fully saturated rings. The zero-order valence-electron chi connectivity index (χ0n) is 13.2. The minimum atomic E-state index is -0.604. The Hall–Kier alpha value is -1.21. The van der Waals surface area contributed by atoms with E-state index in [-0.39, 0.29) is 23.7 Å². The van der Waals surface area contributed by atoms with Crippen molar-refractivity contribution in [1.82, 2.24) is 10.2 Å². The Labute approximate surface area is 151 Å². The highest BCUT2D eigenvalue weighted by Gasteiger charge is 2.28. The third kappa shape index (κ3) is 5.73. The lowest BCUT2D eigenvalue weighted by molar-refractivity contribution is -0.119. The first kappa shape index (κ1) is 19.8. The molecular weight excluding hydrogens is 355 g/mol. The largest absolute Gasteiger partial charge is 0.319 e. The summed E-state index contributed by atoms with van der Waals surface area (Å²) in [4.78, 5) is 12.1. The van der Waals surface area contributed by atoms with Gasteiger partial charge in [0.05, 0.1) is 6.04 Å². The lowest BCUT2D eigenvalue weighted by atomic mass is 9.87. The third-order valence-electron chi connectivity index (χ3n) is 3.16. The number of aromatic nitrogens is 2. The molecule has 126 valence electrons. The Balaban J connectivity index is 0.00000264. The Morgan fingerprint density at radius 3 is 2.70 bits per heavy atom. The number of hydrogen-bond acceptors (Lipinski definition) is 5. The summed E-state index contributed by atoms with van der Waals surface area (Å²) < 4.78 is 0. The van der Waals surface area contributed by atoms with Crippen LogP contribution < -0.4 is 11.1 Å². The van der Waals surface area contributed by atoms with Crippen molar-refractivity contribution in [3.05, 3.63) is 39.9 Å². The zero-order chi connectivity index (χ0) is 16.3. The van der Waals surface area contributed by atoms with E-state index >= 15 is 0 Å². The van der Waals surface area contributed by atoms with Gasteiger partial charge in [0.15, 0.2) is 0 Å². The molecule has 3 N–H and O–H groups in total. The molecule has 0 saturated carbocycles. The Morgan fingerprint density at radius 2 is 2.09 bits per heavy atom. The fourth-order valence-electron chi connectivity index (χ4n) is 1.77. The monoisotopic (exact) mass is 374 g/mol. The summed E-state index contributed by atoms with van der Waals surface area (Å²) in [6.07, 6.45) is 0.624. The van der Waals surface area contributed by atoms with Crippen LogP contribution in [0.15, 0.2) is 24.3 Å². The van der Waals surface area contributed by atoms with Crippen LogP contribution in [-0.2, 0) is 11.2 Å². The van der Waals surface area contributed by atoms with Crippen LogP contribution in [0.1, 0.15) is 31.3 Å². The average molecular weight is 375 g/mol. The molecule has 1 heterocycles. The SMILES string of the molecule is CC(C)(C)[C@H](N)C(=O)Nc1nnc(Cc2cccc(Cl)c2)s1.Cl.